The van der Waals surface area contributed by atoms with E-state index < -0.39 is 54.2 Å². The number of rotatable bonds is 9. The number of methoxy groups -OCH3 is 1. The first-order valence-corrected chi connectivity index (χ1v) is 12.2. The molecule has 2 aromatic carbocycles. The van der Waals surface area contributed by atoms with Gasteiger partial charge in [-0.2, -0.15) is 8.78 Å². The van der Waals surface area contributed by atoms with Gasteiger partial charge < -0.3 is 18.5 Å². The molecule has 0 N–H and O–H groups in total. The van der Waals surface area contributed by atoms with Gasteiger partial charge in [0.2, 0.25) is 34.8 Å². The number of hydrogen-bond donors (Lipinski definition) is 0. The summed E-state index contributed by atoms with van der Waals surface area (Å²) in [5.74, 6) is -15.5. The molecule has 0 saturated carbocycles. The van der Waals surface area contributed by atoms with Crippen molar-refractivity contribution in [3.63, 3.8) is 0 Å². The minimum atomic E-state index is -3.71. The molecule has 0 radical (unpaired) electrons. The summed E-state index contributed by atoms with van der Waals surface area (Å²) < 4.78 is 102. The summed E-state index contributed by atoms with van der Waals surface area (Å²) in [6.07, 6.45) is 0. The molecule has 0 aliphatic heterocycles. The fourth-order valence-electron chi connectivity index (χ4n) is 3.11. The molecule has 1 heterocycles. The monoisotopic (exact) mass is 524 g/mol. The fourth-order valence-corrected chi connectivity index (χ4v) is 5.88. The van der Waals surface area contributed by atoms with E-state index in [9.17, 15) is 31.3 Å². The highest BCUT2D eigenvalue weighted by Crippen LogP contribution is 2.61. The van der Waals surface area contributed by atoms with Crippen LogP contribution >= 0.6 is 18.9 Å². The first-order chi connectivity index (χ1) is 16.1. The number of carbonyl (C=O) groups is 1. The third kappa shape index (κ3) is 4.87. The van der Waals surface area contributed by atoms with Crippen LogP contribution in [0.3, 0.4) is 0 Å². The fraction of sp³-hybridized carbons (Fsp3) is 0.286. The van der Waals surface area contributed by atoms with Crippen LogP contribution < -0.4 is 4.74 Å². The first-order valence-electron chi connectivity index (χ1n) is 9.76. The molecule has 3 aromatic rings. The summed E-state index contributed by atoms with van der Waals surface area (Å²) in [5.41, 5.74) is 0.401. The Bertz CT molecular complexity index is 1240. The molecule has 0 spiro atoms. The van der Waals surface area contributed by atoms with E-state index in [4.69, 9.17) is 13.8 Å². The number of hydrogen-bond acceptors (Lipinski definition) is 7. The molecule has 0 bridgehead atoms. The molecule has 0 aliphatic rings. The van der Waals surface area contributed by atoms with Crippen molar-refractivity contribution in [2.24, 2.45) is 0 Å². The second-order valence-corrected chi connectivity index (χ2v) is 9.81. The van der Waals surface area contributed by atoms with Crippen molar-refractivity contribution < 1.29 is 49.8 Å². The van der Waals surface area contributed by atoms with Gasteiger partial charge >= 0.3 is 13.6 Å². The summed E-state index contributed by atoms with van der Waals surface area (Å²) in [4.78, 5) is 12.2. The number of halogens is 5. The second-order valence-electron chi connectivity index (χ2n) is 6.66. The summed E-state index contributed by atoms with van der Waals surface area (Å²) in [5, 5.41) is 0.438. The molecule has 1 aromatic heterocycles. The van der Waals surface area contributed by atoms with Crippen LogP contribution in [0.4, 0.5) is 22.0 Å². The van der Waals surface area contributed by atoms with Crippen LogP contribution in [-0.2, 0) is 18.3 Å². The minimum absolute atomic E-state index is 0.103. The van der Waals surface area contributed by atoms with Crippen molar-refractivity contribution in [2.75, 3.05) is 20.3 Å². The maximum absolute atomic E-state index is 13.8. The molecule has 0 saturated heterocycles. The van der Waals surface area contributed by atoms with Gasteiger partial charge in [-0.1, -0.05) is 6.07 Å². The second kappa shape index (κ2) is 10.5. The lowest BCUT2D eigenvalue weighted by molar-refractivity contribution is 0.0721. The average Bonchev–Trinajstić information content (AvgIpc) is 3.23. The molecule has 184 valence electrons. The van der Waals surface area contributed by atoms with Crippen LogP contribution in [0.2, 0.25) is 0 Å². The van der Waals surface area contributed by atoms with E-state index >= 15 is 0 Å². The van der Waals surface area contributed by atoms with Crippen molar-refractivity contribution in [1.82, 2.24) is 0 Å². The summed E-state index contributed by atoms with van der Waals surface area (Å²) in [6, 6.07) is 5.96. The largest absolute Gasteiger partial charge is 0.416 e. The lowest BCUT2D eigenvalue weighted by atomic mass is 10.1. The zero-order valence-corrected chi connectivity index (χ0v) is 19.7. The maximum Gasteiger partial charge on any atom is 0.363 e. The summed E-state index contributed by atoms with van der Waals surface area (Å²) in [7, 11) is -2.39. The van der Waals surface area contributed by atoms with Crippen LogP contribution in [-0.4, -0.2) is 26.3 Å². The molecule has 3 rings (SSSR count). The van der Waals surface area contributed by atoms with Gasteiger partial charge in [-0.05, 0) is 43.0 Å². The highest BCUT2D eigenvalue weighted by Gasteiger charge is 2.37. The number of thiophene rings is 1. The Morgan fingerprint density at radius 1 is 0.941 bits per heavy atom. The highest BCUT2D eigenvalue weighted by molar-refractivity contribution is 7.54. The molecule has 0 amide bonds. The van der Waals surface area contributed by atoms with Crippen LogP contribution in [0.5, 0.6) is 5.75 Å². The quantitative estimate of drug-likeness (QED) is 0.0773. The zero-order valence-electron chi connectivity index (χ0n) is 18.0. The number of benzene rings is 2. The molecule has 6 nitrogen and oxygen atoms in total. The number of carbonyl (C=O) groups excluding carboxylic acids is 1. The lowest BCUT2D eigenvalue weighted by Crippen LogP contribution is -2.12. The predicted molar refractivity (Wildman–Crippen MR) is 114 cm³/mol. The topological polar surface area (TPSA) is 71.1 Å². The van der Waals surface area contributed by atoms with Gasteiger partial charge in [0.15, 0.2) is 5.85 Å². The van der Waals surface area contributed by atoms with Gasteiger partial charge in [0, 0.05) is 11.8 Å². The third-order valence-electron chi connectivity index (χ3n) is 4.52. The van der Waals surface area contributed by atoms with Crippen molar-refractivity contribution >= 4 is 35.0 Å². The van der Waals surface area contributed by atoms with E-state index in [1.807, 2.05) is 0 Å². The zero-order chi connectivity index (χ0) is 25.2. The molecule has 13 heteroatoms. The van der Waals surface area contributed by atoms with Crippen LogP contribution in [0.1, 0.15) is 34.9 Å². The minimum Gasteiger partial charge on any atom is -0.416 e. The van der Waals surface area contributed by atoms with Gasteiger partial charge in [0.05, 0.1) is 13.2 Å². The van der Waals surface area contributed by atoms with Crippen molar-refractivity contribution in [1.29, 1.82) is 0 Å². The maximum atomic E-state index is 13.8. The van der Waals surface area contributed by atoms with Crippen LogP contribution in [0.25, 0.3) is 10.1 Å². The van der Waals surface area contributed by atoms with E-state index in [1.165, 1.54) is 13.2 Å². The van der Waals surface area contributed by atoms with Gasteiger partial charge in [-0.3, -0.25) is 4.57 Å². The van der Waals surface area contributed by atoms with E-state index in [-0.39, 0.29) is 18.1 Å². The summed E-state index contributed by atoms with van der Waals surface area (Å²) >= 11 is 0.851. The van der Waals surface area contributed by atoms with E-state index in [0.29, 0.717) is 15.6 Å². The van der Waals surface area contributed by atoms with Crippen molar-refractivity contribution in [2.45, 2.75) is 19.7 Å². The van der Waals surface area contributed by atoms with Gasteiger partial charge in [0.25, 0.3) is 0 Å². The van der Waals surface area contributed by atoms with Crippen molar-refractivity contribution in [3.05, 3.63) is 63.8 Å². The SMILES string of the molecule is CCOP(=O)(OCC)C(OC)c1ccc2sc(C(=O)Oc3c(F)c(F)c(F)c(F)c3F)cc2c1. The highest BCUT2D eigenvalue weighted by atomic mass is 32.1. The van der Waals surface area contributed by atoms with Gasteiger partial charge in [-0.25, -0.2) is 18.0 Å². The number of fused-ring (bicyclic) bond motifs is 1. The van der Waals surface area contributed by atoms with Crippen LogP contribution in [0, 0.1) is 29.1 Å². The van der Waals surface area contributed by atoms with E-state index in [0.717, 1.165) is 11.3 Å². The Labute approximate surface area is 194 Å². The van der Waals surface area contributed by atoms with E-state index in [2.05, 4.69) is 4.74 Å². The molecule has 0 fully saturated rings. The van der Waals surface area contributed by atoms with Crippen LogP contribution in [0.15, 0.2) is 24.3 Å². The van der Waals surface area contributed by atoms with Gasteiger partial charge in [0.1, 0.15) is 4.88 Å². The smallest absolute Gasteiger partial charge is 0.363 e. The molecule has 1 unspecified atom stereocenters. The molecular weight excluding hydrogens is 506 g/mol. The predicted octanol–water partition coefficient (Wildman–Crippen LogP) is 6.73. The lowest BCUT2D eigenvalue weighted by Gasteiger charge is -2.25. The van der Waals surface area contributed by atoms with Gasteiger partial charge in [-0.15, -0.1) is 11.3 Å². The molecular formula is C21H18F5O6PS. The standard InChI is InChI=1S/C21H18F5O6PS/c1-4-30-33(28,31-5-2)21(29-3)10-6-7-12-11(8-10)9-13(34-12)20(27)32-19-17(25)15(23)14(22)16(24)18(19)26/h6-9,21H,4-5H2,1-3H3. The Morgan fingerprint density at radius 3 is 2.03 bits per heavy atom. The Morgan fingerprint density at radius 2 is 1.50 bits per heavy atom. The number of esters is 1. The Kier molecular flexibility index (Phi) is 8.10. The first kappa shape index (κ1) is 26.2. The normalized spacial score (nSPS) is 12.8. The third-order valence-corrected chi connectivity index (χ3v) is 7.94. The molecule has 1 atom stereocenters. The Hall–Kier alpha value is -2.37. The van der Waals surface area contributed by atoms with E-state index in [1.54, 1.807) is 32.0 Å². The van der Waals surface area contributed by atoms with Crippen molar-refractivity contribution in [3.8, 4) is 5.75 Å². The summed E-state index contributed by atoms with van der Waals surface area (Å²) in [6.45, 7) is 3.49. The average molecular weight is 524 g/mol. The molecule has 34 heavy (non-hydrogen) atoms. The number of ether oxygens (including phenoxy) is 2. The Balaban J connectivity index is 1.95. The molecule has 0 aliphatic carbocycles.